The van der Waals surface area contributed by atoms with Crippen molar-refractivity contribution in [2.24, 2.45) is 0 Å². The SMILES string of the molecule is CCCCCCCCCCCCCCCCOC1=C(OCCCC)[C@@](C(=O)C(O)CO)([C@@H](O)CO)OC1=O. The molecule has 9 heteroatoms. The lowest BCUT2D eigenvalue weighted by Gasteiger charge is -2.33. The van der Waals surface area contributed by atoms with E-state index in [1.165, 1.54) is 64.2 Å². The van der Waals surface area contributed by atoms with Gasteiger partial charge in [0.15, 0.2) is 0 Å². The molecule has 222 valence electrons. The normalized spacial score (nSPS) is 18.9. The molecule has 1 aliphatic rings. The van der Waals surface area contributed by atoms with Crippen LogP contribution in [0.15, 0.2) is 11.5 Å². The molecule has 3 atom stereocenters. The second-order valence-electron chi connectivity index (χ2n) is 10.2. The van der Waals surface area contributed by atoms with Gasteiger partial charge in [0.05, 0.1) is 26.4 Å². The van der Waals surface area contributed by atoms with Gasteiger partial charge in [0.2, 0.25) is 17.3 Å². The van der Waals surface area contributed by atoms with Crippen molar-refractivity contribution < 1.29 is 44.2 Å². The summed E-state index contributed by atoms with van der Waals surface area (Å²) in [6.07, 6.45) is 14.4. The largest absolute Gasteiger partial charge is 0.489 e. The summed E-state index contributed by atoms with van der Waals surface area (Å²) in [5, 5.41) is 39.3. The Morgan fingerprint density at radius 2 is 1.21 bits per heavy atom. The molecule has 38 heavy (non-hydrogen) atoms. The van der Waals surface area contributed by atoms with Crippen LogP contribution in [0.5, 0.6) is 0 Å². The van der Waals surface area contributed by atoms with Gasteiger partial charge in [-0.3, -0.25) is 4.79 Å². The average Bonchev–Trinajstić information content (AvgIpc) is 3.21. The van der Waals surface area contributed by atoms with Crippen LogP contribution in [0.25, 0.3) is 0 Å². The second kappa shape index (κ2) is 20.3. The van der Waals surface area contributed by atoms with E-state index in [4.69, 9.17) is 14.2 Å². The molecule has 1 heterocycles. The van der Waals surface area contributed by atoms with Gasteiger partial charge in [0.25, 0.3) is 5.60 Å². The first-order valence-corrected chi connectivity index (χ1v) is 14.8. The molecule has 1 aliphatic heterocycles. The third kappa shape index (κ3) is 10.8. The first kappa shape index (κ1) is 34.3. The van der Waals surface area contributed by atoms with Crippen molar-refractivity contribution in [3.63, 3.8) is 0 Å². The second-order valence-corrected chi connectivity index (χ2v) is 10.2. The first-order chi connectivity index (χ1) is 18.4. The van der Waals surface area contributed by atoms with Crippen LogP contribution in [0, 0.1) is 0 Å². The molecule has 0 fully saturated rings. The van der Waals surface area contributed by atoms with Gasteiger partial charge in [0, 0.05) is 0 Å². The van der Waals surface area contributed by atoms with E-state index in [1.54, 1.807) is 0 Å². The molecule has 0 saturated heterocycles. The first-order valence-electron chi connectivity index (χ1n) is 14.8. The summed E-state index contributed by atoms with van der Waals surface area (Å²) in [5.41, 5.74) is -2.48. The molecule has 0 aromatic rings. The highest BCUT2D eigenvalue weighted by Gasteiger charge is 2.62. The number of rotatable bonds is 25. The standard InChI is InChI=1S/C29H52O9/c1-3-5-7-8-9-10-11-12-13-14-15-16-17-18-20-36-25-27(37-19-6-4-2)29(24(33)22-31,38-28(25)35)26(34)23(32)21-30/h23-24,30-33H,3-22H2,1-2H3/t23?,24-,29-/m0/s1. The zero-order valence-electron chi connectivity index (χ0n) is 23.6. The maximum atomic E-state index is 12.9. The van der Waals surface area contributed by atoms with E-state index in [0.29, 0.717) is 12.8 Å². The number of ketones is 1. The highest BCUT2D eigenvalue weighted by atomic mass is 16.6. The van der Waals surface area contributed by atoms with Gasteiger partial charge in [0.1, 0.15) is 12.2 Å². The lowest BCUT2D eigenvalue weighted by molar-refractivity contribution is -0.179. The van der Waals surface area contributed by atoms with Crippen molar-refractivity contribution in [1.82, 2.24) is 0 Å². The smallest absolute Gasteiger partial charge is 0.378 e. The van der Waals surface area contributed by atoms with E-state index < -0.39 is 42.8 Å². The Balaban J connectivity index is 2.55. The van der Waals surface area contributed by atoms with E-state index in [2.05, 4.69) is 6.92 Å². The van der Waals surface area contributed by atoms with Crippen molar-refractivity contribution >= 4 is 11.8 Å². The van der Waals surface area contributed by atoms with Gasteiger partial charge in [-0.05, 0) is 12.8 Å². The topological polar surface area (TPSA) is 143 Å². The lowest BCUT2D eigenvalue weighted by atomic mass is 9.87. The van der Waals surface area contributed by atoms with Gasteiger partial charge in [-0.25, -0.2) is 4.79 Å². The molecule has 0 bridgehead atoms. The summed E-state index contributed by atoms with van der Waals surface area (Å²) >= 11 is 0. The monoisotopic (exact) mass is 544 g/mol. The number of Topliss-reactive ketones (excluding diaryl/α,β-unsaturated/α-hetero) is 1. The third-order valence-corrected chi connectivity index (χ3v) is 6.96. The quantitative estimate of drug-likeness (QED) is 0.0987. The van der Waals surface area contributed by atoms with E-state index in [9.17, 15) is 30.0 Å². The van der Waals surface area contributed by atoms with E-state index in [1.807, 2.05) is 6.92 Å². The molecular formula is C29H52O9. The fourth-order valence-electron chi connectivity index (χ4n) is 4.59. The summed E-state index contributed by atoms with van der Waals surface area (Å²) in [4.78, 5) is 25.6. The minimum absolute atomic E-state index is 0.108. The number of esters is 1. The van der Waals surface area contributed by atoms with Crippen LogP contribution in [0.2, 0.25) is 0 Å². The number of cyclic esters (lactones) is 1. The van der Waals surface area contributed by atoms with Crippen molar-refractivity contribution in [3.05, 3.63) is 11.5 Å². The summed E-state index contributed by atoms with van der Waals surface area (Å²) in [7, 11) is 0. The fraction of sp³-hybridized carbons (Fsp3) is 0.862. The number of carbonyl (C=O) groups is 2. The van der Waals surface area contributed by atoms with Crippen LogP contribution in [0.1, 0.15) is 117 Å². The van der Waals surface area contributed by atoms with Crippen LogP contribution in [-0.2, 0) is 23.8 Å². The summed E-state index contributed by atoms with van der Waals surface area (Å²) < 4.78 is 16.6. The molecule has 1 unspecified atom stereocenters. The van der Waals surface area contributed by atoms with E-state index in [0.717, 1.165) is 25.7 Å². The van der Waals surface area contributed by atoms with Crippen molar-refractivity contribution in [2.75, 3.05) is 26.4 Å². The molecule has 0 radical (unpaired) electrons. The molecule has 9 nitrogen and oxygen atoms in total. The molecule has 0 aliphatic carbocycles. The molecule has 0 aromatic carbocycles. The minimum Gasteiger partial charge on any atom is -0.489 e. The molecule has 1 rings (SSSR count). The third-order valence-electron chi connectivity index (χ3n) is 6.96. The van der Waals surface area contributed by atoms with Crippen molar-refractivity contribution in [1.29, 1.82) is 0 Å². The number of aliphatic hydroxyl groups is 4. The van der Waals surface area contributed by atoms with Crippen molar-refractivity contribution in [2.45, 2.75) is 134 Å². The Bertz CT molecular complexity index is 694. The van der Waals surface area contributed by atoms with Crippen LogP contribution in [0.4, 0.5) is 0 Å². The Hall–Kier alpha value is -1.68. The Labute approximate surface area is 228 Å². The molecule has 4 N–H and O–H groups in total. The Morgan fingerprint density at radius 1 is 0.737 bits per heavy atom. The lowest BCUT2D eigenvalue weighted by Crippen LogP contribution is -2.58. The molecule has 0 aromatic heterocycles. The highest BCUT2D eigenvalue weighted by molar-refractivity contribution is 6.03. The van der Waals surface area contributed by atoms with Gasteiger partial charge >= 0.3 is 5.97 Å². The van der Waals surface area contributed by atoms with Gasteiger partial charge in [-0.1, -0.05) is 104 Å². The van der Waals surface area contributed by atoms with Crippen LogP contribution >= 0.6 is 0 Å². The maximum absolute atomic E-state index is 12.9. The average molecular weight is 545 g/mol. The maximum Gasteiger partial charge on any atom is 0.378 e. The number of carbonyl (C=O) groups excluding carboxylic acids is 2. The molecule has 0 spiro atoms. The summed E-state index contributed by atoms with van der Waals surface area (Å²) in [6.45, 7) is 2.57. The zero-order chi connectivity index (χ0) is 28.2. The fourth-order valence-corrected chi connectivity index (χ4v) is 4.59. The van der Waals surface area contributed by atoms with E-state index >= 15 is 0 Å². The zero-order valence-corrected chi connectivity index (χ0v) is 23.6. The minimum atomic E-state index is -2.48. The van der Waals surface area contributed by atoms with Gasteiger partial charge in [-0.15, -0.1) is 0 Å². The summed E-state index contributed by atoms with van der Waals surface area (Å²) in [6, 6.07) is 0. The van der Waals surface area contributed by atoms with Gasteiger partial charge in [-0.2, -0.15) is 0 Å². The van der Waals surface area contributed by atoms with E-state index in [-0.39, 0.29) is 24.7 Å². The van der Waals surface area contributed by atoms with Crippen molar-refractivity contribution in [3.8, 4) is 0 Å². The molecule has 0 amide bonds. The predicted molar refractivity (Wildman–Crippen MR) is 144 cm³/mol. The number of hydrogen-bond donors (Lipinski definition) is 4. The Kier molecular flexibility index (Phi) is 18.3. The number of ether oxygens (including phenoxy) is 3. The summed E-state index contributed by atoms with van der Waals surface area (Å²) in [5.74, 6) is -2.91. The van der Waals surface area contributed by atoms with Crippen LogP contribution in [-0.4, -0.2) is 76.4 Å². The molecular weight excluding hydrogens is 492 g/mol. The van der Waals surface area contributed by atoms with Crippen LogP contribution < -0.4 is 0 Å². The molecule has 0 saturated carbocycles. The Morgan fingerprint density at radius 3 is 1.68 bits per heavy atom. The number of hydrogen-bond acceptors (Lipinski definition) is 9. The number of aliphatic hydroxyl groups excluding tert-OH is 4. The van der Waals surface area contributed by atoms with Gasteiger partial charge < -0.3 is 34.6 Å². The number of unbranched alkanes of at least 4 members (excludes halogenated alkanes) is 14. The highest BCUT2D eigenvalue weighted by Crippen LogP contribution is 2.39. The predicted octanol–water partition coefficient (Wildman–Crippen LogP) is 4.08. The van der Waals surface area contributed by atoms with Crippen LogP contribution in [0.3, 0.4) is 0 Å².